The number of carbonyl (C=O) groups excluding carboxylic acids is 1. The van der Waals surface area contributed by atoms with Crippen molar-refractivity contribution in [3.63, 3.8) is 0 Å². The van der Waals surface area contributed by atoms with E-state index < -0.39 is 5.60 Å². The summed E-state index contributed by atoms with van der Waals surface area (Å²) in [6.07, 6.45) is 8.20. The van der Waals surface area contributed by atoms with Crippen LogP contribution in [-0.2, 0) is 11.2 Å². The fraction of sp³-hybridized carbons (Fsp3) is 0.278. The number of fused-ring (bicyclic) bond motifs is 2. The Balaban J connectivity index is 1.81. The van der Waals surface area contributed by atoms with Crippen molar-refractivity contribution >= 4 is 11.9 Å². The monoisotopic (exact) mass is 296 g/mol. The highest BCUT2D eigenvalue weighted by molar-refractivity contribution is 5.93. The lowest BCUT2D eigenvalue weighted by molar-refractivity contribution is -0.114. The highest BCUT2D eigenvalue weighted by Crippen LogP contribution is 2.49. The largest absolute Gasteiger partial charge is 0.502 e. The first-order valence-corrected chi connectivity index (χ1v) is 7.31. The third kappa shape index (κ3) is 1.95. The summed E-state index contributed by atoms with van der Waals surface area (Å²) in [7, 11) is 0. The first-order valence-electron chi connectivity index (χ1n) is 7.31. The lowest BCUT2D eigenvalue weighted by atomic mass is 9.92. The third-order valence-electron chi connectivity index (χ3n) is 4.11. The van der Waals surface area contributed by atoms with Crippen LogP contribution in [0, 0.1) is 0 Å². The number of hydrogen-bond donors (Lipinski definition) is 1. The van der Waals surface area contributed by atoms with Gasteiger partial charge < -0.3 is 14.6 Å². The lowest BCUT2D eigenvalue weighted by Crippen LogP contribution is -2.28. The molecule has 0 saturated carbocycles. The Morgan fingerprint density at radius 3 is 2.77 bits per heavy atom. The zero-order valence-electron chi connectivity index (χ0n) is 12.5. The molecule has 2 aliphatic heterocycles. The maximum atomic E-state index is 11.5. The molecule has 3 aliphatic rings. The van der Waals surface area contributed by atoms with Gasteiger partial charge in [0.15, 0.2) is 17.3 Å². The molecule has 0 aromatic heterocycles. The zero-order valence-corrected chi connectivity index (χ0v) is 12.5. The Bertz CT molecular complexity index is 794. The van der Waals surface area contributed by atoms with Crippen LogP contribution in [0.15, 0.2) is 35.6 Å². The van der Waals surface area contributed by atoms with Gasteiger partial charge in [0, 0.05) is 17.5 Å². The van der Waals surface area contributed by atoms with Crippen molar-refractivity contribution in [3.8, 4) is 17.2 Å². The summed E-state index contributed by atoms with van der Waals surface area (Å²) in [5, 5.41) is 10.6. The second kappa shape index (κ2) is 4.26. The fourth-order valence-corrected chi connectivity index (χ4v) is 2.98. The molecule has 4 heteroatoms. The predicted octanol–water partition coefficient (Wildman–Crippen LogP) is 3.29. The molecule has 4 rings (SSSR count). The Hall–Kier alpha value is -2.49. The van der Waals surface area contributed by atoms with Crippen LogP contribution in [0.1, 0.15) is 31.4 Å². The highest BCUT2D eigenvalue weighted by atomic mass is 16.5. The molecule has 0 spiro atoms. The number of ether oxygens (including phenoxy) is 2. The van der Waals surface area contributed by atoms with Gasteiger partial charge in [-0.05, 0) is 37.6 Å². The number of rotatable bonds is 0. The number of phenolic OH excluding ortho intramolecular Hbond substituents is 1. The molecule has 2 heterocycles. The molecule has 22 heavy (non-hydrogen) atoms. The summed E-state index contributed by atoms with van der Waals surface area (Å²) < 4.78 is 11.7. The van der Waals surface area contributed by atoms with E-state index in [0.29, 0.717) is 23.7 Å². The van der Waals surface area contributed by atoms with Gasteiger partial charge >= 0.3 is 0 Å². The molecule has 1 aromatic carbocycles. The van der Waals surface area contributed by atoms with E-state index in [9.17, 15) is 9.90 Å². The number of carbonyl (C=O) groups is 1. The summed E-state index contributed by atoms with van der Waals surface area (Å²) in [6, 6.07) is 1.98. The Kier molecular flexibility index (Phi) is 2.55. The molecule has 0 bridgehead atoms. The van der Waals surface area contributed by atoms with Crippen molar-refractivity contribution in [1.82, 2.24) is 0 Å². The topological polar surface area (TPSA) is 55.8 Å². The number of aromatic hydroxyl groups is 1. The van der Waals surface area contributed by atoms with E-state index in [1.54, 1.807) is 12.2 Å². The van der Waals surface area contributed by atoms with Crippen molar-refractivity contribution in [1.29, 1.82) is 0 Å². The van der Waals surface area contributed by atoms with Crippen molar-refractivity contribution < 1.29 is 19.4 Å². The molecule has 0 radical (unpaired) electrons. The second-order valence-electron chi connectivity index (χ2n) is 6.37. The molecule has 112 valence electrons. The van der Waals surface area contributed by atoms with Gasteiger partial charge in [0.05, 0.1) is 6.42 Å². The normalized spacial score (nSPS) is 20.7. The molecule has 0 saturated heterocycles. The standard InChI is InChI=1S/C18H16O4/c1-18(2)6-5-11-8-12-7-10-3-4-13(19)9-14(10)21-16(12)15(20)17(11)22-18/h3-6,8,20H,7,9H2,1-2H3. The summed E-state index contributed by atoms with van der Waals surface area (Å²) in [5.74, 6) is 1.50. The molecule has 1 aromatic rings. The van der Waals surface area contributed by atoms with Crippen LogP contribution in [0.2, 0.25) is 0 Å². The van der Waals surface area contributed by atoms with Gasteiger partial charge in [-0.25, -0.2) is 0 Å². The Morgan fingerprint density at radius 2 is 1.95 bits per heavy atom. The van der Waals surface area contributed by atoms with Crippen LogP contribution in [0.25, 0.3) is 6.08 Å². The van der Waals surface area contributed by atoms with Gasteiger partial charge in [0.1, 0.15) is 11.4 Å². The maximum absolute atomic E-state index is 11.5. The van der Waals surface area contributed by atoms with Crippen LogP contribution in [0.5, 0.6) is 17.2 Å². The van der Waals surface area contributed by atoms with E-state index in [1.165, 1.54) is 0 Å². The number of benzene rings is 1. The summed E-state index contributed by atoms with van der Waals surface area (Å²) >= 11 is 0. The van der Waals surface area contributed by atoms with Crippen molar-refractivity contribution in [2.24, 2.45) is 0 Å². The average Bonchev–Trinajstić information content (AvgIpc) is 2.47. The van der Waals surface area contributed by atoms with E-state index in [0.717, 1.165) is 16.7 Å². The van der Waals surface area contributed by atoms with Crippen LogP contribution in [-0.4, -0.2) is 16.5 Å². The molecule has 0 atom stereocenters. The SMILES string of the molecule is CC1(C)C=Cc2cc3c(c(O)c2O1)OC1=C(C=CC(=O)C1)C3. The van der Waals surface area contributed by atoms with Crippen LogP contribution in [0.4, 0.5) is 0 Å². The average molecular weight is 296 g/mol. The first-order chi connectivity index (χ1) is 10.4. The lowest BCUT2D eigenvalue weighted by Gasteiger charge is -2.31. The summed E-state index contributed by atoms with van der Waals surface area (Å²) in [4.78, 5) is 11.5. The molecule has 4 nitrogen and oxygen atoms in total. The Labute approximate surface area is 128 Å². The minimum atomic E-state index is -0.471. The number of hydrogen-bond acceptors (Lipinski definition) is 4. The summed E-state index contributed by atoms with van der Waals surface area (Å²) in [6.45, 7) is 3.86. The Morgan fingerprint density at radius 1 is 1.14 bits per heavy atom. The quantitative estimate of drug-likeness (QED) is 0.798. The van der Waals surface area contributed by atoms with Gasteiger partial charge in [-0.3, -0.25) is 4.79 Å². The molecule has 0 unspecified atom stereocenters. The van der Waals surface area contributed by atoms with Gasteiger partial charge in [0.2, 0.25) is 5.75 Å². The highest BCUT2D eigenvalue weighted by Gasteiger charge is 2.31. The minimum absolute atomic E-state index is 0.0125. The number of allylic oxidation sites excluding steroid dienone is 4. The van der Waals surface area contributed by atoms with E-state index in [-0.39, 0.29) is 18.0 Å². The van der Waals surface area contributed by atoms with Gasteiger partial charge in [-0.1, -0.05) is 12.2 Å². The van der Waals surface area contributed by atoms with E-state index in [2.05, 4.69) is 0 Å². The maximum Gasteiger partial charge on any atom is 0.202 e. The molecule has 0 fully saturated rings. The molecule has 1 aliphatic carbocycles. The van der Waals surface area contributed by atoms with E-state index in [1.807, 2.05) is 32.1 Å². The second-order valence-corrected chi connectivity index (χ2v) is 6.37. The van der Waals surface area contributed by atoms with Crippen molar-refractivity contribution in [3.05, 3.63) is 46.8 Å². The molecule has 1 N–H and O–H groups in total. The van der Waals surface area contributed by atoms with E-state index >= 15 is 0 Å². The fourth-order valence-electron chi connectivity index (χ4n) is 2.98. The van der Waals surface area contributed by atoms with Crippen LogP contribution < -0.4 is 9.47 Å². The van der Waals surface area contributed by atoms with Crippen molar-refractivity contribution in [2.75, 3.05) is 0 Å². The number of ketones is 1. The minimum Gasteiger partial charge on any atom is -0.502 e. The zero-order chi connectivity index (χ0) is 15.5. The molecule has 0 amide bonds. The van der Waals surface area contributed by atoms with Gasteiger partial charge in [-0.15, -0.1) is 0 Å². The van der Waals surface area contributed by atoms with E-state index in [4.69, 9.17) is 9.47 Å². The first kappa shape index (κ1) is 13.2. The number of phenols is 1. The van der Waals surface area contributed by atoms with Crippen molar-refractivity contribution in [2.45, 2.75) is 32.3 Å². The van der Waals surface area contributed by atoms with Gasteiger partial charge in [-0.2, -0.15) is 0 Å². The van der Waals surface area contributed by atoms with Gasteiger partial charge in [0.25, 0.3) is 0 Å². The van der Waals surface area contributed by atoms with Crippen LogP contribution in [0.3, 0.4) is 0 Å². The summed E-state index contributed by atoms with van der Waals surface area (Å²) in [5.41, 5.74) is 2.27. The van der Waals surface area contributed by atoms with Crippen LogP contribution >= 0.6 is 0 Å². The molecular weight excluding hydrogens is 280 g/mol. The molecular formula is C18H16O4. The third-order valence-corrected chi connectivity index (χ3v) is 4.11. The smallest absolute Gasteiger partial charge is 0.202 e. The predicted molar refractivity (Wildman–Crippen MR) is 82.0 cm³/mol.